The molecule has 1 saturated carbocycles. The Bertz CT molecular complexity index is 1150. The number of hydrogen-bond donors (Lipinski definition) is 2. The van der Waals surface area contributed by atoms with E-state index < -0.39 is 45.0 Å². The molecule has 0 spiro atoms. The molecule has 0 radical (unpaired) electrons. The van der Waals surface area contributed by atoms with E-state index in [0.717, 1.165) is 24.5 Å². The van der Waals surface area contributed by atoms with Gasteiger partial charge < -0.3 is 5.32 Å². The quantitative estimate of drug-likeness (QED) is 0.600. The summed E-state index contributed by atoms with van der Waals surface area (Å²) in [6.07, 6.45) is -3.00. The number of alkyl halides is 3. The Kier molecular flexibility index (Phi) is 6.05. The predicted octanol–water partition coefficient (Wildman–Crippen LogP) is 4.68. The third-order valence-corrected chi connectivity index (χ3v) is 6.48. The van der Waals surface area contributed by atoms with Crippen molar-refractivity contribution in [1.29, 1.82) is 0 Å². The summed E-state index contributed by atoms with van der Waals surface area (Å²) in [6, 6.07) is 6.62. The third-order valence-electron chi connectivity index (χ3n) is 5.89. The first-order chi connectivity index (χ1) is 14.6. The second-order valence-electron chi connectivity index (χ2n) is 8.54. The molecule has 0 bridgehead atoms. The van der Waals surface area contributed by atoms with Gasteiger partial charge in [-0.2, -0.15) is 13.2 Å². The van der Waals surface area contributed by atoms with Gasteiger partial charge in [0.1, 0.15) is 5.82 Å². The minimum atomic E-state index is -4.43. The lowest BCUT2D eigenvalue weighted by Crippen LogP contribution is -2.31. The molecule has 0 saturated heterocycles. The molecule has 10 heteroatoms. The van der Waals surface area contributed by atoms with E-state index in [1.54, 1.807) is 20.8 Å². The molecule has 32 heavy (non-hydrogen) atoms. The van der Waals surface area contributed by atoms with Crippen LogP contribution in [-0.4, -0.2) is 20.6 Å². The lowest BCUT2D eigenvalue weighted by molar-refractivity contribution is -0.137. The van der Waals surface area contributed by atoms with Crippen molar-refractivity contribution in [2.75, 3.05) is 11.0 Å². The fourth-order valence-electron chi connectivity index (χ4n) is 3.84. The number of hydrogen-bond acceptors (Lipinski definition) is 3. The minimum Gasteiger partial charge on any atom is -0.349 e. The predicted molar refractivity (Wildman–Crippen MR) is 113 cm³/mol. The van der Waals surface area contributed by atoms with Crippen molar-refractivity contribution in [3.63, 3.8) is 0 Å². The Morgan fingerprint density at radius 2 is 1.78 bits per heavy atom. The number of anilines is 1. The van der Waals surface area contributed by atoms with Crippen LogP contribution in [0.3, 0.4) is 0 Å². The summed E-state index contributed by atoms with van der Waals surface area (Å²) in [5, 5.41) is 2.76. The highest BCUT2D eigenvalue weighted by atomic mass is 32.2. The highest BCUT2D eigenvalue weighted by Crippen LogP contribution is 2.54. The minimum absolute atomic E-state index is 0.115. The van der Waals surface area contributed by atoms with Crippen LogP contribution in [-0.2, 0) is 26.4 Å². The SMILES string of the molecule is Cc1cc([C@@H](C)NC(=O)[C@H]2C[C@]2(C)c2ccc(C(F)(F)F)cc2)c(F)cc1NS(C)(=O)=O. The number of halogens is 4. The van der Waals surface area contributed by atoms with Gasteiger partial charge in [0.25, 0.3) is 0 Å². The summed E-state index contributed by atoms with van der Waals surface area (Å²) in [5.74, 6) is -1.44. The number of carbonyl (C=O) groups is 1. The van der Waals surface area contributed by atoms with Crippen LogP contribution in [0.25, 0.3) is 0 Å². The molecule has 174 valence electrons. The molecule has 3 atom stereocenters. The second-order valence-corrected chi connectivity index (χ2v) is 10.3. The van der Waals surface area contributed by atoms with Crippen LogP contribution >= 0.6 is 0 Å². The van der Waals surface area contributed by atoms with E-state index in [-0.39, 0.29) is 17.2 Å². The van der Waals surface area contributed by atoms with Gasteiger partial charge in [-0.1, -0.05) is 19.1 Å². The zero-order valence-electron chi connectivity index (χ0n) is 18.0. The maximum Gasteiger partial charge on any atom is 0.416 e. The highest BCUT2D eigenvalue weighted by Gasteiger charge is 2.55. The molecule has 0 heterocycles. The van der Waals surface area contributed by atoms with Crippen molar-refractivity contribution in [2.45, 2.75) is 44.8 Å². The molecule has 5 nitrogen and oxygen atoms in total. The molecule has 1 aliphatic carbocycles. The van der Waals surface area contributed by atoms with Crippen LogP contribution in [0.15, 0.2) is 36.4 Å². The zero-order valence-corrected chi connectivity index (χ0v) is 18.8. The van der Waals surface area contributed by atoms with E-state index in [2.05, 4.69) is 10.0 Å². The van der Waals surface area contributed by atoms with Gasteiger partial charge in [-0.15, -0.1) is 0 Å². The fraction of sp³-hybridized carbons (Fsp3) is 0.409. The highest BCUT2D eigenvalue weighted by molar-refractivity contribution is 7.92. The molecule has 2 N–H and O–H groups in total. The third kappa shape index (κ3) is 5.06. The maximum absolute atomic E-state index is 14.6. The van der Waals surface area contributed by atoms with Crippen molar-refractivity contribution in [3.8, 4) is 0 Å². The van der Waals surface area contributed by atoms with Gasteiger partial charge in [0.2, 0.25) is 15.9 Å². The van der Waals surface area contributed by atoms with Crippen molar-refractivity contribution < 1.29 is 30.8 Å². The molecule has 1 amide bonds. The molecule has 0 unspecified atom stereocenters. The standard InChI is InChI=1S/C22H24F4N2O3S/c1-12-9-16(18(23)10-19(12)28-32(4,30)31)13(2)27-20(29)17-11-21(17,3)14-5-7-15(8-6-14)22(24,25)26/h5-10,13,17,28H,11H2,1-4H3,(H,27,29)/t13-,17-,21-/m1/s1. The zero-order chi connectivity index (χ0) is 24.1. The number of amides is 1. The summed E-state index contributed by atoms with van der Waals surface area (Å²) in [7, 11) is -3.57. The molecule has 3 rings (SSSR count). The maximum atomic E-state index is 14.6. The van der Waals surface area contributed by atoms with Crippen molar-refractivity contribution in [3.05, 3.63) is 64.5 Å². The van der Waals surface area contributed by atoms with Crippen LogP contribution in [0.2, 0.25) is 0 Å². The number of benzene rings is 2. The first kappa shape index (κ1) is 24.0. The molecule has 1 fully saturated rings. The Labute approximate surface area is 184 Å². The van der Waals surface area contributed by atoms with Crippen LogP contribution in [0.1, 0.15) is 48.6 Å². The Balaban J connectivity index is 1.71. The molecule has 0 aliphatic heterocycles. The van der Waals surface area contributed by atoms with Gasteiger partial charge in [0.05, 0.1) is 23.5 Å². The average molecular weight is 473 g/mol. The Morgan fingerprint density at radius 1 is 1.19 bits per heavy atom. The summed E-state index contributed by atoms with van der Waals surface area (Å²) < 4.78 is 78.0. The first-order valence-corrected chi connectivity index (χ1v) is 11.8. The molecule has 0 aromatic heterocycles. The average Bonchev–Trinajstić information content (AvgIpc) is 3.36. The van der Waals surface area contributed by atoms with Gasteiger partial charge in [0.15, 0.2) is 0 Å². The number of carbonyl (C=O) groups excluding carboxylic acids is 1. The molecular weight excluding hydrogens is 448 g/mol. The van der Waals surface area contributed by atoms with Crippen LogP contribution in [0.4, 0.5) is 23.2 Å². The first-order valence-electron chi connectivity index (χ1n) is 9.88. The Hall–Kier alpha value is -2.62. The smallest absolute Gasteiger partial charge is 0.349 e. The lowest BCUT2D eigenvalue weighted by Gasteiger charge is -2.19. The van der Waals surface area contributed by atoms with E-state index in [0.29, 0.717) is 17.5 Å². The summed E-state index contributed by atoms with van der Waals surface area (Å²) >= 11 is 0. The lowest BCUT2D eigenvalue weighted by atomic mass is 9.94. The van der Waals surface area contributed by atoms with E-state index in [4.69, 9.17) is 0 Å². The number of sulfonamides is 1. The van der Waals surface area contributed by atoms with Gasteiger partial charge in [0, 0.05) is 16.9 Å². The van der Waals surface area contributed by atoms with Crippen molar-refractivity contribution in [2.24, 2.45) is 5.92 Å². The summed E-state index contributed by atoms with van der Waals surface area (Å²) in [5.41, 5.74) is 0.104. The summed E-state index contributed by atoms with van der Waals surface area (Å²) in [6.45, 7) is 5.03. The number of aryl methyl sites for hydroxylation is 1. The van der Waals surface area contributed by atoms with Crippen LogP contribution < -0.4 is 10.0 Å². The Morgan fingerprint density at radius 3 is 2.31 bits per heavy atom. The van der Waals surface area contributed by atoms with Crippen molar-refractivity contribution >= 4 is 21.6 Å². The molecule has 1 aliphatic rings. The molecular formula is C22H24F4N2O3S. The largest absolute Gasteiger partial charge is 0.416 e. The van der Waals surface area contributed by atoms with Gasteiger partial charge in [-0.3, -0.25) is 9.52 Å². The van der Waals surface area contributed by atoms with Crippen LogP contribution in [0.5, 0.6) is 0 Å². The molecule has 2 aromatic carbocycles. The molecule has 2 aromatic rings. The van der Waals surface area contributed by atoms with E-state index in [1.165, 1.54) is 18.2 Å². The van der Waals surface area contributed by atoms with Gasteiger partial charge in [-0.05, 0) is 55.7 Å². The van der Waals surface area contributed by atoms with E-state index >= 15 is 0 Å². The second kappa shape index (κ2) is 8.06. The topological polar surface area (TPSA) is 75.3 Å². The summed E-state index contributed by atoms with van der Waals surface area (Å²) in [4.78, 5) is 12.7. The van der Waals surface area contributed by atoms with E-state index in [9.17, 15) is 30.8 Å². The fourth-order valence-corrected chi connectivity index (χ4v) is 4.46. The van der Waals surface area contributed by atoms with Crippen LogP contribution in [0, 0.1) is 18.7 Å². The monoisotopic (exact) mass is 472 g/mol. The van der Waals surface area contributed by atoms with E-state index in [1.807, 2.05) is 0 Å². The van der Waals surface area contributed by atoms with Crippen molar-refractivity contribution in [1.82, 2.24) is 5.32 Å². The van der Waals surface area contributed by atoms with Gasteiger partial charge >= 0.3 is 6.18 Å². The number of rotatable bonds is 6. The van der Waals surface area contributed by atoms with Gasteiger partial charge in [-0.25, -0.2) is 12.8 Å². The normalized spacial score (nSPS) is 21.7. The number of nitrogens with one attached hydrogen (secondary N) is 2.